The summed E-state index contributed by atoms with van der Waals surface area (Å²) in [5.74, 6) is 0. The van der Waals surface area contributed by atoms with E-state index in [4.69, 9.17) is 406 Å². The van der Waals surface area contributed by atoms with Crippen molar-refractivity contribution in [1.82, 2.24) is 8.35 Å². The average molecular weight is 1700 g/mol. The van der Waals surface area contributed by atoms with Gasteiger partial charge in [-0.05, 0) is 135 Å². The Morgan fingerprint density at radius 3 is 0.463 bits per heavy atom. The van der Waals surface area contributed by atoms with Crippen molar-refractivity contribution in [3.05, 3.63) is 0 Å². The zero-order valence-electron chi connectivity index (χ0n) is 21.9. The molecule has 0 rings (SSSR count). The molecular formula is C2H2Cl36N6P10. The summed E-state index contributed by atoms with van der Waals surface area (Å²) in [6.45, 7) is -7.05. The Labute approximate surface area is 481 Å². The molecule has 0 aromatic rings. The number of rotatable bonds is 5. The van der Waals surface area contributed by atoms with Gasteiger partial charge in [-0.15, -0.1) is 64.5 Å². The molecule has 0 radical (unpaired) electrons. The monoisotopic (exact) mass is 1680 g/mol. The molecule has 342 valence electrons. The van der Waals surface area contributed by atoms with Crippen LogP contribution in [-0.2, 0) is 0 Å². The van der Waals surface area contributed by atoms with Crippen LogP contribution in [0.2, 0.25) is 0 Å². The third kappa shape index (κ3) is 95.1. The van der Waals surface area contributed by atoms with Crippen LogP contribution in [0.5, 0.6) is 0 Å². The van der Waals surface area contributed by atoms with Gasteiger partial charge >= 0.3 is 163 Å². The van der Waals surface area contributed by atoms with E-state index in [1.807, 2.05) is 0 Å². The first-order chi connectivity index (χ1) is 21.8. The fourth-order valence-electron chi connectivity index (χ4n) is 0.882. The van der Waals surface area contributed by atoms with Gasteiger partial charge < -0.3 is 0 Å². The van der Waals surface area contributed by atoms with Gasteiger partial charge in [0.15, 0.2) is 0 Å². The molecule has 0 aromatic heterocycles. The van der Waals surface area contributed by atoms with Crippen LogP contribution in [0, 0.1) is 0 Å². The van der Waals surface area contributed by atoms with E-state index < -0.39 is 57.9 Å². The predicted molar refractivity (Wildman–Crippen MR) is 301 cm³/mol. The van der Waals surface area contributed by atoms with Gasteiger partial charge in [-0.2, -0.15) is 0 Å². The van der Waals surface area contributed by atoms with Crippen LogP contribution < -0.4 is 8.35 Å². The van der Waals surface area contributed by atoms with E-state index in [9.17, 15) is 0 Å². The summed E-state index contributed by atoms with van der Waals surface area (Å²) in [5, 5.41) is -19.5. The topological polar surface area (TPSA) is 77.6 Å². The van der Waals surface area contributed by atoms with Crippen LogP contribution >= 0.6 is 454 Å². The van der Waals surface area contributed by atoms with Gasteiger partial charge in [-0.1, -0.05) is 8.35 Å². The van der Waals surface area contributed by atoms with Crippen LogP contribution in [0.4, 0.5) is 0 Å². The van der Waals surface area contributed by atoms with Crippen molar-refractivity contribution >= 4 is 454 Å². The van der Waals surface area contributed by atoms with E-state index in [1.54, 1.807) is 0 Å². The fourth-order valence-corrected chi connectivity index (χ4v) is 36.2. The molecule has 0 saturated carbocycles. The average Bonchev–Trinajstić information content (AvgIpc) is 2.51. The van der Waals surface area contributed by atoms with Crippen molar-refractivity contribution in [3.8, 4) is 0 Å². The summed E-state index contributed by atoms with van der Waals surface area (Å²) in [7, 11) is 0. The molecule has 52 heteroatoms. The summed E-state index contributed by atoms with van der Waals surface area (Å²) in [6.07, 6.45) is 0. The van der Waals surface area contributed by atoms with Crippen molar-refractivity contribution < 1.29 is 0 Å². The second-order valence-corrected chi connectivity index (χ2v) is 109. The third-order valence-electron chi connectivity index (χ3n) is 1.48. The van der Waals surface area contributed by atoms with E-state index in [0.717, 1.165) is 0 Å². The van der Waals surface area contributed by atoms with E-state index in [2.05, 4.69) is 26.4 Å². The molecule has 0 N–H and O–H groups in total. The Morgan fingerprint density at radius 2 is 0.407 bits per heavy atom. The van der Waals surface area contributed by atoms with Gasteiger partial charge in [0.05, 0.1) is 0 Å². The second-order valence-electron chi connectivity index (χ2n) is 6.62. The standard InChI is InChI=1S/C2H2Cl4.2Cl10N3P4.2Cl6P/c3-1(4)2(5)6;2*1-14(2,3)11-17(10,12-15(4,5)6)13-16(7,8)9;2*1-7(2,3,4,5)6/h1-2H;;;;/q;2*+1;2*-1. The van der Waals surface area contributed by atoms with Gasteiger partial charge in [0.25, 0.3) is 0 Å². The first-order valence-electron chi connectivity index (χ1n) is 9.02. The number of hydrogen-bond acceptors (Lipinski definition) is 0. The SMILES string of the molecule is ClC(Cl)C(Cl)Cl.ClP(Cl)(Cl)=NP(Cl)(N=P(Cl)(Cl)Cl)=[N+]=P(Cl)(Cl)Cl.ClP(Cl)(Cl)=NP(Cl)(N=P(Cl)(Cl)Cl)=[N+]=P(Cl)(Cl)Cl.Cl[P-](Cl)(Cl)(Cl)(Cl)Cl.Cl[P-](Cl)(Cl)(Cl)(Cl)Cl. The Bertz CT molecular complexity index is 1460. The Hall–Kier alpha value is 13.4. The normalized spacial score (nSPS) is 16.2. The van der Waals surface area contributed by atoms with Crippen LogP contribution in [0.15, 0.2) is 18.1 Å². The summed E-state index contributed by atoms with van der Waals surface area (Å²) >= 11 is 192. The fraction of sp³-hybridized carbons (Fsp3) is 1.00. The minimum atomic E-state index is -4.82. The molecule has 0 bridgehead atoms. The van der Waals surface area contributed by atoms with Crippen molar-refractivity contribution in [2.75, 3.05) is 0 Å². The molecule has 0 spiro atoms. The van der Waals surface area contributed by atoms with Crippen LogP contribution in [0.25, 0.3) is 0 Å². The molecular weight excluding hydrogens is 1690 g/mol. The molecule has 0 amide bonds. The predicted octanol–water partition coefficient (Wildman–Crippen LogP) is 33.0. The molecule has 54 heavy (non-hydrogen) atoms. The molecule has 0 fully saturated rings. The van der Waals surface area contributed by atoms with Gasteiger partial charge in [0.2, 0.25) is 20.4 Å². The van der Waals surface area contributed by atoms with Crippen molar-refractivity contribution in [1.29, 1.82) is 0 Å². The maximum atomic E-state index is 5.93. The van der Waals surface area contributed by atoms with Crippen LogP contribution in [0.1, 0.15) is 0 Å². The van der Waals surface area contributed by atoms with Gasteiger partial charge in [-0.25, -0.2) is 0 Å². The molecule has 0 aliphatic heterocycles. The Kier molecular flexibility index (Phi) is 37.5. The van der Waals surface area contributed by atoms with Crippen molar-refractivity contribution in [2.45, 2.75) is 9.67 Å². The molecule has 0 saturated heterocycles. The number of nitrogens with zero attached hydrogens (tertiary/aromatic N) is 6. The molecule has 0 atom stereocenters. The summed E-state index contributed by atoms with van der Waals surface area (Å²) < 4.78 is 12.0. The van der Waals surface area contributed by atoms with E-state index >= 15 is 0 Å². The summed E-state index contributed by atoms with van der Waals surface area (Å²) in [5.41, 5.74) is 0. The quantitative estimate of drug-likeness (QED) is 0.149. The van der Waals surface area contributed by atoms with E-state index in [1.165, 1.54) is 0 Å². The Balaban J connectivity index is -0.000000200. The van der Waals surface area contributed by atoms with Crippen molar-refractivity contribution in [3.63, 3.8) is 0 Å². The molecule has 0 aromatic carbocycles. The first kappa shape index (κ1) is 76.3. The zero-order chi connectivity index (χ0) is 46.2. The van der Waals surface area contributed by atoms with Crippen molar-refractivity contribution in [2.24, 2.45) is 18.1 Å². The molecule has 0 aliphatic rings. The van der Waals surface area contributed by atoms with E-state index in [0.29, 0.717) is 0 Å². The van der Waals surface area contributed by atoms with Gasteiger partial charge in [0.1, 0.15) is 9.67 Å². The third-order valence-corrected chi connectivity index (χ3v) is 27.9. The molecule has 6 nitrogen and oxygen atoms in total. The second kappa shape index (κ2) is 26.5. The maximum absolute atomic E-state index is 5.93. The van der Waals surface area contributed by atoms with Gasteiger partial charge in [-0.3, -0.25) is 0 Å². The summed E-state index contributed by atoms with van der Waals surface area (Å²) in [6, 6.07) is 0. The van der Waals surface area contributed by atoms with Gasteiger partial charge in [0, 0.05) is 89.9 Å². The molecule has 0 heterocycles. The minimum absolute atomic E-state index is 0.673. The zero-order valence-corrected chi connectivity index (χ0v) is 58.1. The number of alkyl halides is 4. The van der Waals surface area contributed by atoms with E-state index in [-0.39, 0.29) is 0 Å². The first-order valence-corrected chi connectivity index (χ1v) is 58.8. The Morgan fingerprint density at radius 1 is 0.296 bits per heavy atom. The molecule has 0 aliphatic carbocycles. The van der Waals surface area contributed by atoms with Crippen LogP contribution in [-0.4, -0.2) is 9.67 Å². The molecule has 0 unspecified atom stereocenters. The summed E-state index contributed by atoms with van der Waals surface area (Å²) in [4.78, 5) is -1.35. The van der Waals surface area contributed by atoms with Crippen LogP contribution in [0.3, 0.4) is 0 Å². The number of halogens is 36. The number of hydrogen-bond donors (Lipinski definition) is 0.